The molecule has 5 rings (SSSR count). The molecule has 0 bridgehead atoms. The molecule has 2 aromatic rings. The summed E-state index contributed by atoms with van der Waals surface area (Å²) in [6.07, 6.45) is 7.56. The van der Waals surface area contributed by atoms with Crippen molar-refractivity contribution >= 4 is 11.8 Å². The van der Waals surface area contributed by atoms with Gasteiger partial charge in [-0.15, -0.1) is 0 Å². The van der Waals surface area contributed by atoms with E-state index < -0.39 is 17.7 Å². The number of amides is 2. The highest BCUT2D eigenvalue weighted by Crippen LogP contribution is 2.37. The summed E-state index contributed by atoms with van der Waals surface area (Å²) in [7, 11) is 3.21. The second kappa shape index (κ2) is 13.2. The van der Waals surface area contributed by atoms with E-state index in [1.165, 1.54) is 0 Å². The summed E-state index contributed by atoms with van der Waals surface area (Å²) < 4.78 is 16.7. The van der Waals surface area contributed by atoms with Crippen molar-refractivity contribution in [2.24, 2.45) is 5.92 Å². The van der Waals surface area contributed by atoms with Crippen molar-refractivity contribution in [2.45, 2.75) is 69.7 Å². The lowest BCUT2D eigenvalue weighted by Crippen LogP contribution is -2.75. The summed E-state index contributed by atoms with van der Waals surface area (Å²) in [5.74, 6) is 2.31. The van der Waals surface area contributed by atoms with Gasteiger partial charge in [0.1, 0.15) is 23.1 Å². The van der Waals surface area contributed by atoms with Crippen molar-refractivity contribution in [1.29, 1.82) is 0 Å². The van der Waals surface area contributed by atoms with Gasteiger partial charge in [0, 0.05) is 32.2 Å². The third kappa shape index (κ3) is 6.13. The number of nitrogens with zero attached hydrogens (tertiary/aromatic N) is 2. The van der Waals surface area contributed by atoms with Crippen molar-refractivity contribution in [3.63, 3.8) is 0 Å². The van der Waals surface area contributed by atoms with E-state index in [2.05, 4.69) is 17.1 Å². The van der Waals surface area contributed by atoms with Gasteiger partial charge in [-0.1, -0.05) is 37.6 Å². The molecule has 2 saturated heterocycles. The Morgan fingerprint density at radius 3 is 2.31 bits per heavy atom. The van der Waals surface area contributed by atoms with Crippen LogP contribution in [0, 0.1) is 5.92 Å². The molecule has 2 fully saturated rings. The molecule has 2 aliphatic heterocycles. The molecule has 2 amide bonds. The maximum absolute atomic E-state index is 13.7. The van der Waals surface area contributed by atoms with E-state index >= 15 is 0 Å². The minimum Gasteiger partial charge on any atom is -0.497 e. The number of piperidine rings is 1. The van der Waals surface area contributed by atoms with Crippen LogP contribution < -0.4 is 19.5 Å². The summed E-state index contributed by atoms with van der Waals surface area (Å²) in [5, 5.41) is 14.0. The van der Waals surface area contributed by atoms with Crippen LogP contribution in [0.15, 0.2) is 54.6 Å². The summed E-state index contributed by atoms with van der Waals surface area (Å²) in [6.45, 7) is 4.76. The van der Waals surface area contributed by atoms with Crippen molar-refractivity contribution in [3.05, 3.63) is 60.2 Å². The summed E-state index contributed by atoms with van der Waals surface area (Å²) in [5.41, 5.74) is 0.280. The fourth-order valence-electron chi connectivity index (χ4n) is 6.39. The number of allylic oxidation sites excluding steroid dienone is 2. The Morgan fingerprint density at radius 1 is 0.976 bits per heavy atom. The van der Waals surface area contributed by atoms with Crippen LogP contribution in [0.5, 0.6) is 23.0 Å². The molecule has 9 heteroatoms. The first-order valence-electron chi connectivity index (χ1n) is 15.0. The minimum atomic E-state index is -0.879. The number of unbranched alkanes of at least 4 members (excludes halogenated alkanes) is 1. The molecule has 0 aromatic heterocycles. The molecule has 0 radical (unpaired) electrons. The number of nitrogens with one attached hydrogen (secondary N) is 1. The normalized spacial score (nSPS) is 21.4. The SMILES string of the molecule is CCCCN1C(=O)[C@@H]([C@H](O)C2CC=CC2)NC(=O)C12CCN(Cc1ccc(Oc3ccc(OC)cc3OC)cc1)CC2. The van der Waals surface area contributed by atoms with Crippen LogP contribution in [-0.2, 0) is 16.1 Å². The van der Waals surface area contributed by atoms with E-state index in [4.69, 9.17) is 14.2 Å². The number of hydrogen-bond donors (Lipinski definition) is 2. The number of ether oxygens (including phenoxy) is 3. The van der Waals surface area contributed by atoms with E-state index in [0.29, 0.717) is 55.5 Å². The summed E-state index contributed by atoms with van der Waals surface area (Å²) in [6, 6.07) is 12.5. The summed E-state index contributed by atoms with van der Waals surface area (Å²) >= 11 is 0. The van der Waals surface area contributed by atoms with E-state index in [1.807, 2.05) is 53.5 Å². The molecule has 42 heavy (non-hydrogen) atoms. The van der Waals surface area contributed by atoms with Crippen LogP contribution >= 0.6 is 0 Å². The van der Waals surface area contributed by atoms with Crippen LogP contribution in [-0.4, -0.2) is 78.3 Å². The van der Waals surface area contributed by atoms with Gasteiger partial charge in [0.05, 0.1) is 20.3 Å². The Bertz CT molecular complexity index is 1260. The molecule has 226 valence electrons. The van der Waals surface area contributed by atoms with Crippen LogP contribution in [0.3, 0.4) is 0 Å². The molecule has 0 unspecified atom stereocenters. The summed E-state index contributed by atoms with van der Waals surface area (Å²) in [4.78, 5) is 31.6. The van der Waals surface area contributed by atoms with E-state index in [-0.39, 0.29) is 17.7 Å². The Kier molecular flexibility index (Phi) is 9.38. The average Bonchev–Trinajstić information content (AvgIpc) is 3.56. The zero-order valence-electron chi connectivity index (χ0n) is 24.9. The molecule has 9 nitrogen and oxygen atoms in total. The predicted octanol–water partition coefficient (Wildman–Crippen LogP) is 4.28. The molecule has 2 aromatic carbocycles. The monoisotopic (exact) mass is 577 g/mol. The molecule has 1 spiro atoms. The topological polar surface area (TPSA) is 101 Å². The molecule has 3 aliphatic rings. The van der Waals surface area contributed by atoms with Crippen LogP contribution in [0.4, 0.5) is 0 Å². The van der Waals surface area contributed by atoms with Gasteiger partial charge in [0.15, 0.2) is 11.5 Å². The van der Waals surface area contributed by atoms with E-state index in [1.54, 1.807) is 20.3 Å². The molecule has 2 N–H and O–H groups in total. The van der Waals surface area contributed by atoms with Gasteiger partial charge in [-0.05, 0) is 67.9 Å². The fraction of sp³-hybridized carbons (Fsp3) is 0.515. The number of carbonyl (C=O) groups excluding carboxylic acids is 2. The maximum atomic E-state index is 13.7. The van der Waals surface area contributed by atoms with Crippen molar-refractivity contribution in [1.82, 2.24) is 15.1 Å². The molecular formula is C33H43N3O6. The lowest BCUT2D eigenvalue weighted by atomic mass is 9.79. The van der Waals surface area contributed by atoms with Crippen LogP contribution in [0.2, 0.25) is 0 Å². The first-order valence-corrected chi connectivity index (χ1v) is 15.0. The van der Waals surface area contributed by atoms with Crippen molar-refractivity contribution in [3.8, 4) is 23.0 Å². The fourth-order valence-corrected chi connectivity index (χ4v) is 6.39. The van der Waals surface area contributed by atoms with Gasteiger partial charge < -0.3 is 29.5 Å². The quantitative estimate of drug-likeness (QED) is 0.385. The number of benzene rings is 2. The highest BCUT2D eigenvalue weighted by Gasteiger charge is 2.55. The first-order chi connectivity index (χ1) is 20.4. The predicted molar refractivity (Wildman–Crippen MR) is 160 cm³/mol. The number of carbonyl (C=O) groups is 2. The van der Waals surface area contributed by atoms with Gasteiger partial charge in [-0.3, -0.25) is 14.5 Å². The number of likely N-dealkylation sites (tertiary alicyclic amines) is 1. The van der Waals surface area contributed by atoms with Crippen molar-refractivity contribution in [2.75, 3.05) is 33.9 Å². The Hall–Kier alpha value is -3.56. The van der Waals surface area contributed by atoms with Crippen LogP contribution in [0.1, 0.15) is 51.0 Å². The highest BCUT2D eigenvalue weighted by molar-refractivity contribution is 6.00. The Morgan fingerprint density at radius 2 is 1.67 bits per heavy atom. The maximum Gasteiger partial charge on any atom is 0.248 e. The number of aliphatic hydroxyl groups is 1. The first kappa shape index (κ1) is 29.9. The number of hydrogen-bond acceptors (Lipinski definition) is 7. The second-order valence-corrected chi connectivity index (χ2v) is 11.6. The number of piperazine rings is 1. The van der Waals surface area contributed by atoms with E-state index in [9.17, 15) is 14.7 Å². The van der Waals surface area contributed by atoms with Gasteiger partial charge in [-0.2, -0.15) is 0 Å². The number of methoxy groups -OCH3 is 2. The highest BCUT2D eigenvalue weighted by atomic mass is 16.5. The van der Waals surface area contributed by atoms with Crippen LogP contribution in [0.25, 0.3) is 0 Å². The zero-order chi connectivity index (χ0) is 29.7. The number of rotatable bonds is 11. The largest absolute Gasteiger partial charge is 0.497 e. The Labute approximate surface area is 248 Å². The molecule has 0 saturated carbocycles. The lowest BCUT2D eigenvalue weighted by Gasteiger charge is -2.52. The third-order valence-electron chi connectivity index (χ3n) is 8.97. The second-order valence-electron chi connectivity index (χ2n) is 11.6. The van der Waals surface area contributed by atoms with Gasteiger partial charge >= 0.3 is 0 Å². The van der Waals surface area contributed by atoms with Gasteiger partial charge in [0.2, 0.25) is 11.8 Å². The van der Waals surface area contributed by atoms with E-state index in [0.717, 1.165) is 37.8 Å². The smallest absolute Gasteiger partial charge is 0.248 e. The van der Waals surface area contributed by atoms with Gasteiger partial charge in [0.25, 0.3) is 0 Å². The molecule has 2 atom stereocenters. The lowest BCUT2D eigenvalue weighted by molar-refractivity contribution is -0.165. The van der Waals surface area contributed by atoms with Crippen molar-refractivity contribution < 1.29 is 28.9 Å². The van der Waals surface area contributed by atoms with Gasteiger partial charge in [-0.25, -0.2) is 0 Å². The minimum absolute atomic E-state index is 0.0294. The average molecular weight is 578 g/mol. The number of aliphatic hydroxyl groups excluding tert-OH is 1. The Balaban J connectivity index is 1.21. The zero-order valence-corrected chi connectivity index (χ0v) is 24.9. The standard InChI is InChI=1S/C33H43N3O6/c1-4-5-18-36-31(38)29(30(37)24-8-6-7-9-24)34-32(39)33(36)16-19-35(20-17-33)22-23-10-12-25(13-11-23)42-27-15-14-26(40-2)21-28(27)41-3/h6-7,10-15,21,24,29-30,37H,4-5,8-9,16-20,22H2,1-3H3,(H,34,39)/t29-,30-/m1/s1. The molecular weight excluding hydrogens is 534 g/mol. The third-order valence-corrected chi connectivity index (χ3v) is 8.97. The molecule has 2 heterocycles. The molecule has 1 aliphatic carbocycles.